The van der Waals surface area contributed by atoms with Crippen molar-refractivity contribution < 1.29 is 9.53 Å². The summed E-state index contributed by atoms with van der Waals surface area (Å²) < 4.78 is 7.66. The lowest BCUT2D eigenvalue weighted by Crippen LogP contribution is -2.41. The van der Waals surface area contributed by atoms with Gasteiger partial charge in [-0.15, -0.1) is 0 Å². The van der Waals surface area contributed by atoms with E-state index in [1.807, 2.05) is 47.2 Å². The van der Waals surface area contributed by atoms with Crippen LogP contribution in [0.2, 0.25) is 0 Å². The molecule has 38 heavy (non-hydrogen) atoms. The average Bonchev–Trinajstić information content (AvgIpc) is 3.69. The maximum Gasteiger partial charge on any atom is 0.264 e. The van der Waals surface area contributed by atoms with Gasteiger partial charge in [0.05, 0.1) is 11.4 Å². The lowest BCUT2D eigenvalue weighted by Gasteiger charge is -2.32. The standard InChI is InChI=1S/C28H26N8O2/c29-14-20(13-18-8-9-18)28(37)35-12-4-5-21(16-35)36-27-24(26(30)32-17-33-27)25(34-36)19-10-11-23(31-15-19)38-22-6-2-1-3-7-22/h1-3,6-7,10-11,13,15,17-18,21H,4-5,8-9,12,16H2,(H2,30,32,33)/b20-13+/t21-/m1/s1. The first-order chi connectivity index (χ1) is 18.6. The van der Waals surface area contributed by atoms with Crippen molar-refractivity contribution in [3.63, 3.8) is 0 Å². The number of benzene rings is 1. The number of likely N-dealkylation sites (tertiary alicyclic amines) is 1. The molecule has 1 aliphatic heterocycles. The highest BCUT2D eigenvalue weighted by Gasteiger charge is 2.31. The first-order valence-electron chi connectivity index (χ1n) is 12.7. The second kappa shape index (κ2) is 9.94. The van der Waals surface area contributed by atoms with Gasteiger partial charge in [0.25, 0.3) is 5.91 Å². The molecule has 1 saturated carbocycles. The van der Waals surface area contributed by atoms with E-state index >= 15 is 0 Å². The van der Waals surface area contributed by atoms with Crippen molar-refractivity contribution >= 4 is 22.8 Å². The second-order valence-electron chi connectivity index (χ2n) is 9.63. The van der Waals surface area contributed by atoms with E-state index < -0.39 is 0 Å². The lowest BCUT2D eigenvalue weighted by atomic mass is 10.0. The Balaban J connectivity index is 1.30. The van der Waals surface area contributed by atoms with Gasteiger partial charge in [0.2, 0.25) is 5.88 Å². The number of amides is 1. The summed E-state index contributed by atoms with van der Waals surface area (Å²) in [5.41, 5.74) is 8.50. The molecule has 4 heterocycles. The number of para-hydroxylation sites is 1. The molecule has 6 rings (SSSR count). The number of allylic oxidation sites excluding steroid dienone is 1. The number of ether oxygens (including phenoxy) is 1. The number of rotatable bonds is 6. The molecule has 10 heteroatoms. The largest absolute Gasteiger partial charge is 0.439 e. The van der Waals surface area contributed by atoms with E-state index in [1.54, 1.807) is 17.2 Å². The van der Waals surface area contributed by atoms with Gasteiger partial charge in [-0.3, -0.25) is 4.79 Å². The summed E-state index contributed by atoms with van der Waals surface area (Å²) in [5, 5.41) is 15.1. The topological polar surface area (TPSA) is 136 Å². The number of carbonyl (C=O) groups is 1. The number of aromatic nitrogens is 5. The zero-order valence-corrected chi connectivity index (χ0v) is 20.7. The van der Waals surface area contributed by atoms with Crippen LogP contribution in [0.3, 0.4) is 0 Å². The van der Waals surface area contributed by atoms with E-state index in [2.05, 4.69) is 21.0 Å². The second-order valence-corrected chi connectivity index (χ2v) is 9.63. The molecule has 3 aromatic heterocycles. The van der Waals surface area contributed by atoms with Crippen molar-refractivity contribution in [2.75, 3.05) is 18.8 Å². The van der Waals surface area contributed by atoms with Gasteiger partial charge in [-0.2, -0.15) is 10.4 Å². The summed E-state index contributed by atoms with van der Waals surface area (Å²) in [5.74, 6) is 1.62. The van der Waals surface area contributed by atoms with E-state index in [1.165, 1.54) is 6.33 Å². The third kappa shape index (κ3) is 4.66. The van der Waals surface area contributed by atoms with Gasteiger partial charge >= 0.3 is 0 Å². The molecule has 0 unspecified atom stereocenters. The van der Waals surface area contributed by atoms with Gasteiger partial charge in [0.1, 0.15) is 35.2 Å². The Hall–Kier alpha value is -4.78. The van der Waals surface area contributed by atoms with Gasteiger partial charge in [-0.1, -0.05) is 24.3 Å². The Labute approximate surface area is 219 Å². The quantitative estimate of drug-likeness (QED) is 0.302. The van der Waals surface area contributed by atoms with E-state index in [4.69, 9.17) is 15.6 Å². The molecule has 2 aliphatic rings. The van der Waals surface area contributed by atoms with Crippen LogP contribution in [0.15, 0.2) is 66.6 Å². The van der Waals surface area contributed by atoms with E-state index in [0.29, 0.717) is 53.2 Å². The molecule has 10 nitrogen and oxygen atoms in total. The van der Waals surface area contributed by atoms with E-state index in [-0.39, 0.29) is 17.5 Å². The maximum atomic E-state index is 13.1. The molecule has 0 radical (unpaired) electrons. The number of nitrogens with two attached hydrogens (primary N) is 1. The fourth-order valence-electron chi connectivity index (χ4n) is 4.81. The Morgan fingerprint density at radius 3 is 2.68 bits per heavy atom. The van der Waals surface area contributed by atoms with Crippen molar-refractivity contribution in [1.29, 1.82) is 5.26 Å². The van der Waals surface area contributed by atoms with Gasteiger partial charge < -0.3 is 15.4 Å². The minimum Gasteiger partial charge on any atom is -0.439 e. The number of hydrogen-bond acceptors (Lipinski definition) is 8. The lowest BCUT2D eigenvalue weighted by molar-refractivity contribution is -0.128. The minimum atomic E-state index is -0.215. The zero-order chi connectivity index (χ0) is 26.1. The third-order valence-corrected chi connectivity index (χ3v) is 6.90. The number of nitriles is 1. The summed E-state index contributed by atoms with van der Waals surface area (Å²) in [7, 11) is 0. The highest BCUT2D eigenvalue weighted by molar-refractivity contribution is 5.98. The highest BCUT2D eigenvalue weighted by atomic mass is 16.5. The summed E-state index contributed by atoms with van der Waals surface area (Å²) in [6.07, 6.45) is 8.63. The number of pyridine rings is 1. The van der Waals surface area contributed by atoms with Crippen LogP contribution < -0.4 is 10.5 Å². The number of fused-ring (bicyclic) bond motifs is 1. The number of hydrogen-bond donors (Lipinski definition) is 1. The Bertz CT molecular complexity index is 1550. The van der Waals surface area contributed by atoms with Crippen molar-refractivity contribution in [1.82, 2.24) is 29.6 Å². The van der Waals surface area contributed by atoms with Crippen LogP contribution in [0.5, 0.6) is 11.6 Å². The molecule has 2 fully saturated rings. The molecule has 1 saturated heterocycles. The first kappa shape index (κ1) is 23.6. The highest BCUT2D eigenvalue weighted by Crippen LogP contribution is 2.35. The average molecular weight is 507 g/mol. The van der Waals surface area contributed by atoms with Crippen LogP contribution in [-0.4, -0.2) is 48.6 Å². The molecule has 1 atom stereocenters. The number of nitrogens with zero attached hydrogens (tertiary/aromatic N) is 7. The normalized spacial score (nSPS) is 17.8. The van der Waals surface area contributed by atoms with Crippen LogP contribution in [0.25, 0.3) is 22.3 Å². The first-order valence-corrected chi connectivity index (χ1v) is 12.7. The van der Waals surface area contributed by atoms with Crippen LogP contribution in [0.1, 0.15) is 31.7 Å². The summed E-state index contributed by atoms with van der Waals surface area (Å²) in [6.45, 7) is 1.04. The predicted molar refractivity (Wildman–Crippen MR) is 141 cm³/mol. The number of anilines is 1. The molecule has 0 spiro atoms. The number of piperidine rings is 1. The molecular weight excluding hydrogens is 480 g/mol. The third-order valence-electron chi connectivity index (χ3n) is 6.90. The Morgan fingerprint density at radius 1 is 1.11 bits per heavy atom. The summed E-state index contributed by atoms with van der Waals surface area (Å²) in [4.78, 5) is 28.0. The molecule has 0 bridgehead atoms. The van der Waals surface area contributed by atoms with Crippen LogP contribution in [0.4, 0.5) is 5.82 Å². The molecule has 1 aliphatic carbocycles. The smallest absolute Gasteiger partial charge is 0.264 e. The summed E-state index contributed by atoms with van der Waals surface area (Å²) >= 11 is 0. The SMILES string of the molecule is N#C/C(=C\C1CC1)C(=O)N1CCC[C@@H](n2nc(-c3ccc(Oc4ccccc4)nc3)c3c(N)ncnc32)C1. The number of carbonyl (C=O) groups excluding carboxylic acids is 1. The molecule has 4 aromatic rings. The molecule has 190 valence electrons. The van der Waals surface area contributed by atoms with Crippen molar-refractivity contribution in [3.8, 4) is 29.0 Å². The van der Waals surface area contributed by atoms with Crippen molar-refractivity contribution in [2.24, 2.45) is 5.92 Å². The Kier molecular flexibility index (Phi) is 6.17. The monoisotopic (exact) mass is 506 g/mol. The van der Waals surface area contributed by atoms with E-state index in [9.17, 15) is 10.1 Å². The van der Waals surface area contributed by atoms with Gasteiger partial charge in [-0.25, -0.2) is 19.6 Å². The van der Waals surface area contributed by atoms with Gasteiger partial charge in [0, 0.05) is 30.9 Å². The van der Waals surface area contributed by atoms with Gasteiger partial charge in [0.15, 0.2) is 5.65 Å². The molecule has 1 aromatic carbocycles. The zero-order valence-electron chi connectivity index (χ0n) is 20.7. The molecular formula is C28H26N8O2. The maximum absolute atomic E-state index is 13.1. The Morgan fingerprint density at radius 2 is 1.95 bits per heavy atom. The molecule has 2 N–H and O–H groups in total. The summed E-state index contributed by atoms with van der Waals surface area (Å²) in [6, 6.07) is 15.1. The fourth-order valence-corrected chi connectivity index (χ4v) is 4.81. The van der Waals surface area contributed by atoms with E-state index in [0.717, 1.165) is 31.2 Å². The van der Waals surface area contributed by atoms with Crippen molar-refractivity contribution in [2.45, 2.75) is 31.7 Å². The fraction of sp³-hybridized carbons (Fsp3) is 0.286. The predicted octanol–water partition coefficient (Wildman–Crippen LogP) is 4.29. The van der Waals surface area contributed by atoms with Crippen molar-refractivity contribution in [3.05, 3.63) is 66.6 Å². The number of nitrogen functional groups attached to an aromatic ring is 1. The van der Waals surface area contributed by atoms with Crippen LogP contribution in [-0.2, 0) is 4.79 Å². The van der Waals surface area contributed by atoms with Gasteiger partial charge in [-0.05, 0) is 49.8 Å². The minimum absolute atomic E-state index is 0.118. The van der Waals surface area contributed by atoms with Crippen LogP contribution >= 0.6 is 0 Å². The van der Waals surface area contributed by atoms with Crippen LogP contribution in [0, 0.1) is 17.2 Å². The molecule has 1 amide bonds.